The molecule has 134 valence electrons. The normalized spacial score (nSPS) is 11.0. The minimum absolute atomic E-state index is 0.443. The monoisotopic (exact) mass is 484 g/mol. The third-order valence-electron chi connectivity index (χ3n) is 4.24. The van der Waals surface area contributed by atoms with E-state index >= 15 is 0 Å². The maximum absolute atomic E-state index is 12.9. The highest BCUT2D eigenvalue weighted by Gasteiger charge is 2.18. The van der Waals surface area contributed by atoms with Gasteiger partial charge in [-0.15, -0.1) is 0 Å². The van der Waals surface area contributed by atoms with E-state index in [1.807, 2.05) is 60.7 Å². The van der Waals surface area contributed by atoms with Gasteiger partial charge in [0.05, 0.1) is 28.0 Å². The molecule has 4 nitrogen and oxygen atoms in total. The van der Waals surface area contributed by atoms with Crippen molar-refractivity contribution in [1.29, 1.82) is 0 Å². The standard InChI is InChI=1S/C21H14Br2N2O2/c22-11-18-15(9-13-5-1-3-7-16(13)24-18)21(26)27-20-10-14-6-2-4-8-17(14)25-19(20)12-23/h1-10H,11-12H2. The van der Waals surface area contributed by atoms with Crippen molar-refractivity contribution in [3.8, 4) is 5.75 Å². The number of halogens is 2. The highest BCUT2D eigenvalue weighted by atomic mass is 79.9. The Balaban J connectivity index is 1.76. The number of carbonyl (C=O) groups excluding carboxylic acids is 1. The molecule has 0 aliphatic carbocycles. The van der Waals surface area contributed by atoms with E-state index in [0.29, 0.717) is 33.4 Å². The second-order valence-electron chi connectivity index (χ2n) is 5.96. The summed E-state index contributed by atoms with van der Waals surface area (Å²) in [5, 5.41) is 2.76. The predicted molar refractivity (Wildman–Crippen MR) is 114 cm³/mol. The van der Waals surface area contributed by atoms with E-state index in [4.69, 9.17) is 4.74 Å². The summed E-state index contributed by atoms with van der Waals surface area (Å²) in [4.78, 5) is 22.1. The van der Waals surface area contributed by atoms with E-state index in [1.54, 1.807) is 0 Å². The number of esters is 1. The number of nitrogens with zero attached hydrogens (tertiary/aromatic N) is 2. The average molecular weight is 486 g/mol. The van der Waals surface area contributed by atoms with E-state index < -0.39 is 5.97 Å². The molecule has 0 unspecified atom stereocenters. The molecule has 0 aliphatic heterocycles. The number of alkyl halides is 2. The molecule has 0 saturated carbocycles. The van der Waals surface area contributed by atoms with Crippen LogP contribution < -0.4 is 4.74 Å². The Morgan fingerprint density at radius 2 is 1.37 bits per heavy atom. The number of hydrogen-bond acceptors (Lipinski definition) is 4. The molecule has 4 rings (SSSR count). The Bertz CT molecular complexity index is 1160. The van der Waals surface area contributed by atoms with Crippen LogP contribution in [0, 0.1) is 0 Å². The van der Waals surface area contributed by atoms with E-state index in [9.17, 15) is 4.79 Å². The number of pyridine rings is 2. The Morgan fingerprint density at radius 1 is 0.815 bits per heavy atom. The van der Waals surface area contributed by atoms with Gasteiger partial charge in [-0.05, 0) is 24.3 Å². The lowest BCUT2D eigenvalue weighted by molar-refractivity contribution is 0.0732. The van der Waals surface area contributed by atoms with E-state index in [2.05, 4.69) is 41.8 Å². The number of hydrogen-bond donors (Lipinski definition) is 0. The average Bonchev–Trinajstić information content (AvgIpc) is 2.72. The van der Waals surface area contributed by atoms with Crippen molar-refractivity contribution < 1.29 is 9.53 Å². The first-order valence-corrected chi connectivity index (χ1v) is 10.6. The first-order chi connectivity index (χ1) is 13.2. The fraction of sp³-hybridized carbons (Fsp3) is 0.0952. The van der Waals surface area contributed by atoms with E-state index in [0.717, 1.165) is 21.8 Å². The summed E-state index contributed by atoms with van der Waals surface area (Å²) in [6.45, 7) is 0. The highest BCUT2D eigenvalue weighted by Crippen LogP contribution is 2.27. The number of ether oxygens (including phenoxy) is 1. The van der Waals surface area contributed by atoms with Gasteiger partial charge in [0.25, 0.3) is 0 Å². The summed E-state index contributed by atoms with van der Waals surface area (Å²) < 4.78 is 5.73. The van der Waals surface area contributed by atoms with Gasteiger partial charge in [0.2, 0.25) is 0 Å². The van der Waals surface area contributed by atoms with Crippen molar-refractivity contribution in [3.63, 3.8) is 0 Å². The van der Waals surface area contributed by atoms with Crippen LogP contribution in [0.25, 0.3) is 21.8 Å². The minimum Gasteiger partial charge on any atom is -0.421 e. The summed E-state index contributed by atoms with van der Waals surface area (Å²) >= 11 is 6.85. The topological polar surface area (TPSA) is 52.1 Å². The summed E-state index contributed by atoms with van der Waals surface area (Å²) in [7, 11) is 0. The van der Waals surface area contributed by atoms with Crippen molar-refractivity contribution >= 4 is 59.6 Å². The molecule has 4 aromatic rings. The molecule has 27 heavy (non-hydrogen) atoms. The van der Waals surface area contributed by atoms with Gasteiger partial charge in [0.15, 0.2) is 5.75 Å². The molecule has 0 saturated heterocycles. The molecule has 6 heteroatoms. The van der Waals surface area contributed by atoms with Crippen molar-refractivity contribution in [2.45, 2.75) is 10.7 Å². The molecule has 2 aromatic carbocycles. The number of fused-ring (bicyclic) bond motifs is 2. The molecule has 0 amide bonds. The highest BCUT2D eigenvalue weighted by molar-refractivity contribution is 9.08. The van der Waals surface area contributed by atoms with Gasteiger partial charge in [-0.25, -0.2) is 9.78 Å². The molecule has 0 atom stereocenters. The maximum atomic E-state index is 12.9. The van der Waals surface area contributed by atoms with Gasteiger partial charge in [0.1, 0.15) is 0 Å². The van der Waals surface area contributed by atoms with Crippen molar-refractivity contribution in [2.75, 3.05) is 0 Å². The first kappa shape index (κ1) is 18.1. The Morgan fingerprint density at radius 3 is 2.00 bits per heavy atom. The number of para-hydroxylation sites is 2. The zero-order valence-corrected chi connectivity index (χ0v) is 17.3. The number of benzene rings is 2. The third-order valence-corrected chi connectivity index (χ3v) is 5.30. The molecule has 2 heterocycles. The summed E-state index contributed by atoms with van der Waals surface area (Å²) in [6, 6.07) is 19.1. The molecule has 0 radical (unpaired) electrons. The summed E-state index contributed by atoms with van der Waals surface area (Å²) in [5.74, 6) is 0.00578. The summed E-state index contributed by atoms with van der Waals surface area (Å²) in [5.41, 5.74) is 3.47. The molecule has 0 bridgehead atoms. The molecular weight excluding hydrogens is 472 g/mol. The van der Waals surface area contributed by atoms with Gasteiger partial charge in [0, 0.05) is 21.4 Å². The zero-order valence-electron chi connectivity index (χ0n) is 14.2. The van der Waals surface area contributed by atoms with Crippen LogP contribution in [0.3, 0.4) is 0 Å². The predicted octanol–water partition coefficient (Wildman–Crippen LogP) is 5.79. The van der Waals surface area contributed by atoms with Gasteiger partial charge in [-0.3, -0.25) is 4.98 Å². The lowest BCUT2D eigenvalue weighted by Crippen LogP contribution is -2.13. The molecule has 0 spiro atoms. The molecule has 0 aliphatic rings. The molecular formula is C21H14Br2N2O2. The first-order valence-electron chi connectivity index (χ1n) is 8.31. The second kappa shape index (κ2) is 7.74. The van der Waals surface area contributed by atoms with Crippen LogP contribution in [0.2, 0.25) is 0 Å². The number of carbonyl (C=O) groups is 1. The Hall–Kier alpha value is -2.31. The maximum Gasteiger partial charge on any atom is 0.345 e. The van der Waals surface area contributed by atoms with Crippen LogP contribution >= 0.6 is 31.9 Å². The summed E-state index contributed by atoms with van der Waals surface area (Å²) in [6.07, 6.45) is 0. The molecule has 0 fully saturated rings. The van der Waals surface area contributed by atoms with Gasteiger partial charge in [-0.2, -0.15) is 0 Å². The van der Waals surface area contributed by atoms with Crippen molar-refractivity contribution in [2.24, 2.45) is 0 Å². The van der Waals surface area contributed by atoms with Gasteiger partial charge < -0.3 is 4.74 Å². The van der Waals surface area contributed by atoms with Crippen LogP contribution in [0.5, 0.6) is 5.75 Å². The van der Waals surface area contributed by atoms with Crippen LogP contribution in [-0.2, 0) is 10.7 Å². The van der Waals surface area contributed by atoms with Crippen LogP contribution in [0.1, 0.15) is 21.7 Å². The van der Waals surface area contributed by atoms with Gasteiger partial charge in [-0.1, -0.05) is 68.3 Å². The third kappa shape index (κ3) is 3.59. The second-order valence-corrected chi connectivity index (χ2v) is 7.08. The minimum atomic E-state index is -0.443. The lowest BCUT2D eigenvalue weighted by Gasteiger charge is -2.12. The van der Waals surface area contributed by atoms with E-state index in [1.165, 1.54) is 0 Å². The van der Waals surface area contributed by atoms with Gasteiger partial charge >= 0.3 is 5.97 Å². The molecule has 2 aromatic heterocycles. The Kier molecular flexibility index (Phi) is 5.18. The van der Waals surface area contributed by atoms with E-state index in [-0.39, 0.29) is 0 Å². The quantitative estimate of drug-likeness (QED) is 0.271. The number of aromatic nitrogens is 2. The van der Waals surface area contributed by atoms with Crippen molar-refractivity contribution in [3.05, 3.63) is 77.6 Å². The Labute approximate surface area is 172 Å². The molecule has 0 N–H and O–H groups in total. The van der Waals surface area contributed by atoms with Crippen LogP contribution in [0.15, 0.2) is 60.7 Å². The fourth-order valence-electron chi connectivity index (χ4n) is 2.91. The number of rotatable bonds is 4. The van der Waals surface area contributed by atoms with Crippen LogP contribution in [-0.4, -0.2) is 15.9 Å². The van der Waals surface area contributed by atoms with Crippen molar-refractivity contribution in [1.82, 2.24) is 9.97 Å². The van der Waals surface area contributed by atoms with Crippen LogP contribution in [0.4, 0.5) is 0 Å². The zero-order chi connectivity index (χ0) is 18.8. The smallest absolute Gasteiger partial charge is 0.345 e. The fourth-order valence-corrected chi connectivity index (χ4v) is 3.74. The lowest BCUT2D eigenvalue weighted by atomic mass is 10.1. The largest absolute Gasteiger partial charge is 0.421 e. The SMILES string of the molecule is O=C(Oc1cc2ccccc2nc1CBr)c1cc2ccccc2nc1CBr.